The lowest BCUT2D eigenvalue weighted by molar-refractivity contribution is 0.205. The lowest BCUT2D eigenvalue weighted by Gasteiger charge is -2.27. The van der Waals surface area contributed by atoms with Gasteiger partial charge in [0.2, 0.25) is 0 Å². The van der Waals surface area contributed by atoms with E-state index in [0.717, 1.165) is 18.7 Å². The molecule has 1 aromatic carbocycles. The minimum absolute atomic E-state index is 0.579. The van der Waals surface area contributed by atoms with Gasteiger partial charge in [-0.2, -0.15) is 0 Å². The highest BCUT2D eigenvalue weighted by molar-refractivity contribution is 6.58. The second kappa shape index (κ2) is 6.37. The first-order chi connectivity index (χ1) is 8.66. The van der Waals surface area contributed by atoms with Crippen molar-refractivity contribution in [2.75, 3.05) is 6.54 Å². The van der Waals surface area contributed by atoms with Crippen LogP contribution in [0.3, 0.4) is 0 Å². The van der Waals surface area contributed by atoms with Crippen LogP contribution in [0, 0.1) is 0 Å². The minimum atomic E-state index is -1.37. The molecule has 1 aliphatic heterocycles. The molecule has 1 unspecified atom stereocenters. The molecule has 1 saturated heterocycles. The van der Waals surface area contributed by atoms with E-state index in [-0.39, 0.29) is 0 Å². The third kappa shape index (κ3) is 3.58. The molecule has 1 aliphatic rings. The Balaban J connectivity index is 2.05. The van der Waals surface area contributed by atoms with E-state index < -0.39 is 7.12 Å². The van der Waals surface area contributed by atoms with Gasteiger partial charge < -0.3 is 10.0 Å². The van der Waals surface area contributed by atoms with Crippen LogP contribution in [0.4, 0.5) is 0 Å². The van der Waals surface area contributed by atoms with Gasteiger partial charge in [-0.15, -0.1) is 0 Å². The minimum Gasteiger partial charge on any atom is -0.423 e. The average molecular weight is 247 g/mol. The van der Waals surface area contributed by atoms with Gasteiger partial charge in [-0.1, -0.05) is 37.1 Å². The molecule has 1 aromatic rings. The highest BCUT2D eigenvalue weighted by Crippen LogP contribution is 2.18. The van der Waals surface area contributed by atoms with Crippen molar-refractivity contribution in [1.29, 1.82) is 0 Å². The van der Waals surface area contributed by atoms with Crippen LogP contribution in [0.2, 0.25) is 0 Å². The van der Waals surface area contributed by atoms with Crippen LogP contribution in [0.25, 0.3) is 0 Å². The smallest absolute Gasteiger partial charge is 0.423 e. The standard InChI is InChI=1S/C14H22BNO2/c1-12-6-3-2-4-9-16(12)11-13-7-5-8-14(10-13)15(17)18/h5,7-8,10,12,17-18H,2-4,6,9,11H2,1H3. The fraction of sp³-hybridized carbons (Fsp3) is 0.571. The van der Waals surface area contributed by atoms with Crippen LogP contribution < -0.4 is 5.46 Å². The molecule has 0 amide bonds. The SMILES string of the molecule is CC1CCCCCN1Cc1cccc(B(O)O)c1. The highest BCUT2D eigenvalue weighted by Gasteiger charge is 2.17. The Morgan fingerprint density at radius 3 is 2.89 bits per heavy atom. The zero-order valence-corrected chi connectivity index (χ0v) is 11.0. The summed E-state index contributed by atoms with van der Waals surface area (Å²) < 4.78 is 0. The van der Waals surface area contributed by atoms with E-state index in [9.17, 15) is 10.0 Å². The van der Waals surface area contributed by atoms with Crippen molar-refractivity contribution in [2.45, 2.75) is 45.2 Å². The molecule has 0 aliphatic carbocycles. The molecule has 2 rings (SSSR count). The van der Waals surface area contributed by atoms with Gasteiger partial charge in [-0.3, -0.25) is 4.90 Å². The van der Waals surface area contributed by atoms with Crippen molar-refractivity contribution < 1.29 is 10.0 Å². The Bertz CT molecular complexity index is 384. The van der Waals surface area contributed by atoms with Crippen molar-refractivity contribution in [3.8, 4) is 0 Å². The number of rotatable bonds is 3. The topological polar surface area (TPSA) is 43.7 Å². The van der Waals surface area contributed by atoms with E-state index in [0.29, 0.717) is 11.5 Å². The Labute approximate surface area is 110 Å². The Hall–Kier alpha value is -0.835. The van der Waals surface area contributed by atoms with Crippen LogP contribution >= 0.6 is 0 Å². The maximum atomic E-state index is 9.19. The lowest BCUT2D eigenvalue weighted by atomic mass is 9.79. The van der Waals surface area contributed by atoms with E-state index in [4.69, 9.17) is 0 Å². The van der Waals surface area contributed by atoms with Gasteiger partial charge in [0.05, 0.1) is 0 Å². The number of likely N-dealkylation sites (tertiary alicyclic amines) is 1. The summed E-state index contributed by atoms with van der Waals surface area (Å²) in [6.45, 7) is 4.34. The zero-order chi connectivity index (χ0) is 13.0. The van der Waals surface area contributed by atoms with Gasteiger partial charge in [0.25, 0.3) is 0 Å². The second-order valence-corrected chi connectivity index (χ2v) is 5.29. The molecular weight excluding hydrogens is 225 g/mol. The highest BCUT2D eigenvalue weighted by atomic mass is 16.4. The van der Waals surface area contributed by atoms with Gasteiger partial charge in [-0.05, 0) is 37.3 Å². The first-order valence-electron chi connectivity index (χ1n) is 6.86. The summed E-state index contributed by atoms with van der Waals surface area (Å²) >= 11 is 0. The van der Waals surface area contributed by atoms with E-state index in [1.807, 2.05) is 12.1 Å². The molecule has 2 N–H and O–H groups in total. The molecule has 98 valence electrons. The molecule has 1 atom stereocenters. The molecule has 0 radical (unpaired) electrons. The number of hydrogen-bond donors (Lipinski definition) is 2. The van der Waals surface area contributed by atoms with E-state index in [1.165, 1.54) is 25.7 Å². The van der Waals surface area contributed by atoms with Gasteiger partial charge in [0.1, 0.15) is 0 Å². The number of nitrogens with zero attached hydrogens (tertiary/aromatic N) is 1. The maximum Gasteiger partial charge on any atom is 0.488 e. The molecule has 0 aromatic heterocycles. The monoisotopic (exact) mass is 247 g/mol. The summed E-state index contributed by atoms with van der Waals surface area (Å²) in [5, 5.41) is 18.4. The Morgan fingerprint density at radius 2 is 2.11 bits per heavy atom. The Morgan fingerprint density at radius 1 is 1.28 bits per heavy atom. The average Bonchev–Trinajstić information content (AvgIpc) is 2.55. The van der Waals surface area contributed by atoms with Crippen LogP contribution in [0.15, 0.2) is 24.3 Å². The molecule has 18 heavy (non-hydrogen) atoms. The normalized spacial score (nSPS) is 21.6. The van der Waals surface area contributed by atoms with Crippen LogP contribution in [-0.2, 0) is 6.54 Å². The van der Waals surface area contributed by atoms with Crippen molar-refractivity contribution in [1.82, 2.24) is 4.90 Å². The number of hydrogen-bond acceptors (Lipinski definition) is 3. The van der Waals surface area contributed by atoms with E-state index >= 15 is 0 Å². The third-order valence-corrected chi connectivity index (χ3v) is 3.83. The predicted octanol–water partition coefficient (Wildman–Crippen LogP) is 1.13. The summed E-state index contributed by atoms with van der Waals surface area (Å²) in [4.78, 5) is 2.50. The fourth-order valence-corrected chi connectivity index (χ4v) is 2.66. The maximum absolute atomic E-state index is 9.19. The summed E-state index contributed by atoms with van der Waals surface area (Å²) in [6, 6.07) is 8.22. The van der Waals surface area contributed by atoms with Gasteiger partial charge in [0.15, 0.2) is 0 Å². The molecule has 4 heteroatoms. The third-order valence-electron chi connectivity index (χ3n) is 3.83. The van der Waals surface area contributed by atoms with Crippen molar-refractivity contribution in [3.05, 3.63) is 29.8 Å². The van der Waals surface area contributed by atoms with Crippen LogP contribution in [0.1, 0.15) is 38.2 Å². The predicted molar refractivity (Wildman–Crippen MR) is 74.6 cm³/mol. The zero-order valence-electron chi connectivity index (χ0n) is 11.0. The molecule has 0 spiro atoms. The molecule has 1 fully saturated rings. The van der Waals surface area contributed by atoms with Gasteiger partial charge in [-0.25, -0.2) is 0 Å². The summed E-state index contributed by atoms with van der Waals surface area (Å²) in [5.74, 6) is 0. The van der Waals surface area contributed by atoms with Crippen LogP contribution in [-0.4, -0.2) is 34.7 Å². The van der Waals surface area contributed by atoms with E-state index in [2.05, 4.69) is 17.9 Å². The quantitative estimate of drug-likeness (QED) is 0.787. The fourth-order valence-electron chi connectivity index (χ4n) is 2.66. The second-order valence-electron chi connectivity index (χ2n) is 5.29. The first kappa shape index (κ1) is 13.6. The summed E-state index contributed by atoms with van der Waals surface area (Å²) in [7, 11) is -1.37. The van der Waals surface area contributed by atoms with E-state index in [1.54, 1.807) is 6.07 Å². The molecular formula is C14H22BNO2. The first-order valence-corrected chi connectivity index (χ1v) is 6.86. The van der Waals surface area contributed by atoms with Gasteiger partial charge in [0, 0.05) is 12.6 Å². The largest absolute Gasteiger partial charge is 0.488 e. The molecule has 3 nitrogen and oxygen atoms in total. The Kier molecular flexibility index (Phi) is 4.81. The number of benzene rings is 1. The van der Waals surface area contributed by atoms with Crippen LogP contribution in [0.5, 0.6) is 0 Å². The lowest BCUT2D eigenvalue weighted by Crippen LogP contribution is -2.33. The summed E-state index contributed by atoms with van der Waals surface area (Å²) in [5.41, 5.74) is 1.74. The van der Waals surface area contributed by atoms with Crippen molar-refractivity contribution in [2.24, 2.45) is 0 Å². The van der Waals surface area contributed by atoms with Gasteiger partial charge >= 0.3 is 7.12 Å². The van der Waals surface area contributed by atoms with Crippen molar-refractivity contribution in [3.63, 3.8) is 0 Å². The molecule has 1 heterocycles. The summed E-state index contributed by atoms with van der Waals surface area (Å²) in [6.07, 6.45) is 5.19. The van der Waals surface area contributed by atoms with Crippen molar-refractivity contribution >= 4 is 12.6 Å². The molecule has 0 saturated carbocycles. The molecule has 0 bridgehead atoms.